The Morgan fingerprint density at radius 3 is 2.40 bits per heavy atom. The molecule has 0 aliphatic heterocycles. The molecule has 106 valence electrons. The molecule has 0 spiro atoms. The molecule has 0 bridgehead atoms. The van der Waals surface area contributed by atoms with Crippen LogP contribution in [0.25, 0.3) is 0 Å². The highest BCUT2D eigenvalue weighted by atomic mass is 79.9. The number of alkyl halides is 1. The average Bonchev–Trinajstić information content (AvgIpc) is 2.48. The normalized spacial score (nSPS) is 12.4. The van der Waals surface area contributed by atoms with Crippen molar-refractivity contribution in [3.63, 3.8) is 0 Å². The average molecular weight is 335 g/mol. The number of benzene rings is 2. The topological polar surface area (TPSA) is 0 Å². The van der Waals surface area contributed by atoms with Crippen LogP contribution in [0.1, 0.15) is 46.5 Å². The fourth-order valence-corrected chi connectivity index (χ4v) is 3.39. The highest BCUT2D eigenvalue weighted by Crippen LogP contribution is 2.36. The van der Waals surface area contributed by atoms with Crippen LogP contribution in [-0.2, 0) is 12.8 Å². The summed E-state index contributed by atoms with van der Waals surface area (Å²) in [5.41, 5.74) is 5.99. The lowest BCUT2D eigenvalue weighted by atomic mass is 9.93. The van der Waals surface area contributed by atoms with Gasteiger partial charge in [0.05, 0.1) is 4.83 Å². The zero-order valence-electron chi connectivity index (χ0n) is 12.2. The molecule has 20 heavy (non-hydrogen) atoms. The molecular formula is C18H20BrF. The summed E-state index contributed by atoms with van der Waals surface area (Å²) in [6, 6.07) is 11.6. The van der Waals surface area contributed by atoms with Gasteiger partial charge in [-0.3, -0.25) is 0 Å². The molecule has 0 saturated carbocycles. The van der Waals surface area contributed by atoms with Gasteiger partial charge in [0.1, 0.15) is 5.82 Å². The van der Waals surface area contributed by atoms with Crippen LogP contribution in [0.2, 0.25) is 0 Å². The van der Waals surface area contributed by atoms with Gasteiger partial charge in [-0.25, -0.2) is 4.39 Å². The molecule has 2 rings (SSSR count). The first-order valence-electron chi connectivity index (χ1n) is 7.08. The summed E-state index contributed by atoms with van der Waals surface area (Å²) in [6.45, 7) is 6.34. The standard InChI is InChI=1S/C18H20BrF/c1-4-13-7-8-14(5-2)17(10-13)18(19)16-11-15(20)9-6-12(16)3/h6-11,18H,4-5H2,1-3H3. The van der Waals surface area contributed by atoms with E-state index in [2.05, 4.69) is 48.0 Å². The van der Waals surface area contributed by atoms with Crippen LogP contribution in [0.5, 0.6) is 0 Å². The summed E-state index contributed by atoms with van der Waals surface area (Å²) in [5, 5.41) is 0. The Morgan fingerprint density at radius 2 is 1.75 bits per heavy atom. The largest absolute Gasteiger partial charge is 0.207 e. The summed E-state index contributed by atoms with van der Waals surface area (Å²) in [7, 11) is 0. The molecular weight excluding hydrogens is 315 g/mol. The van der Waals surface area contributed by atoms with Gasteiger partial charge in [0.15, 0.2) is 0 Å². The lowest BCUT2D eigenvalue weighted by molar-refractivity contribution is 0.625. The highest BCUT2D eigenvalue weighted by molar-refractivity contribution is 9.09. The lowest BCUT2D eigenvalue weighted by Gasteiger charge is -2.18. The van der Waals surface area contributed by atoms with Crippen LogP contribution in [0.4, 0.5) is 4.39 Å². The maximum Gasteiger partial charge on any atom is 0.123 e. The summed E-state index contributed by atoms with van der Waals surface area (Å²) in [6.07, 6.45) is 1.99. The molecule has 0 amide bonds. The van der Waals surface area contributed by atoms with Gasteiger partial charge in [-0.2, -0.15) is 0 Å². The second-order valence-electron chi connectivity index (χ2n) is 5.10. The van der Waals surface area contributed by atoms with Crippen molar-refractivity contribution in [2.75, 3.05) is 0 Å². The van der Waals surface area contributed by atoms with Crippen LogP contribution in [-0.4, -0.2) is 0 Å². The van der Waals surface area contributed by atoms with E-state index < -0.39 is 0 Å². The number of hydrogen-bond donors (Lipinski definition) is 0. The van der Waals surface area contributed by atoms with E-state index in [4.69, 9.17) is 0 Å². The Labute approximate surface area is 129 Å². The van der Waals surface area contributed by atoms with E-state index in [1.807, 2.05) is 13.0 Å². The molecule has 0 heterocycles. The molecule has 0 nitrogen and oxygen atoms in total. The third kappa shape index (κ3) is 3.12. The van der Waals surface area contributed by atoms with Crippen molar-refractivity contribution in [3.05, 3.63) is 70.0 Å². The van der Waals surface area contributed by atoms with Crippen molar-refractivity contribution in [2.45, 2.75) is 38.4 Å². The lowest BCUT2D eigenvalue weighted by Crippen LogP contribution is -2.02. The van der Waals surface area contributed by atoms with Crippen molar-refractivity contribution >= 4 is 15.9 Å². The second-order valence-corrected chi connectivity index (χ2v) is 6.02. The molecule has 2 aromatic rings. The second kappa shape index (κ2) is 6.53. The first kappa shape index (κ1) is 15.2. The fourth-order valence-electron chi connectivity index (χ4n) is 2.47. The van der Waals surface area contributed by atoms with Gasteiger partial charge in [0.2, 0.25) is 0 Å². The number of rotatable bonds is 4. The molecule has 1 atom stereocenters. The molecule has 1 unspecified atom stereocenters. The Bertz CT molecular complexity index is 604. The van der Waals surface area contributed by atoms with E-state index in [0.717, 1.165) is 24.0 Å². The van der Waals surface area contributed by atoms with Gasteiger partial charge < -0.3 is 0 Å². The van der Waals surface area contributed by atoms with Gasteiger partial charge in [0, 0.05) is 0 Å². The number of hydrogen-bond acceptors (Lipinski definition) is 0. The van der Waals surface area contributed by atoms with Gasteiger partial charge in [-0.05, 0) is 59.7 Å². The first-order valence-corrected chi connectivity index (χ1v) is 8.00. The van der Waals surface area contributed by atoms with E-state index >= 15 is 0 Å². The third-order valence-corrected chi connectivity index (χ3v) is 4.77. The maximum atomic E-state index is 13.5. The van der Waals surface area contributed by atoms with E-state index in [1.165, 1.54) is 22.8 Å². The van der Waals surface area contributed by atoms with Gasteiger partial charge in [0.25, 0.3) is 0 Å². The molecule has 0 radical (unpaired) electrons. The molecule has 0 aliphatic carbocycles. The zero-order valence-corrected chi connectivity index (χ0v) is 13.8. The molecule has 2 aromatic carbocycles. The van der Waals surface area contributed by atoms with Gasteiger partial charge >= 0.3 is 0 Å². The van der Waals surface area contributed by atoms with Crippen molar-refractivity contribution in [1.82, 2.24) is 0 Å². The Hall–Kier alpha value is -1.15. The summed E-state index contributed by atoms with van der Waals surface area (Å²) in [5.74, 6) is -0.181. The molecule has 0 N–H and O–H groups in total. The van der Waals surface area contributed by atoms with Crippen LogP contribution in [0.3, 0.4) is 0 Å². The van der Waals surface area contributed by atoms with Crippen molar-refractivity contribution in [1.29, 1.82) is 0 Å². The maximum absolute atomic E-state index is 13.5. The fraction of sp³-hybridized carbons (Fsp3) is 0.333. The molecule has 0 fully saturated rings. The Morgan fingerprint density at radius 1 is 1.00 bits per heavy atom. The minimum atomic E-state index is -0.181. The predicted octanol–water partition coefficient (Wildman–Crippen LogP) is 5.74. The minimum Gasteiger partial charge on any atom is -0.207 e. The van der Waals surface area contributed by atoms with Crippen molar-refractivity contribution < 1.29 is 4.39 Å². The molecule has 2 heteroatoms. The molecule has 0 aliphatic rings. The van der Waals surface area contributed by atoms with E-state index in [-0.39, 0.29) is 10.6 Å². The van der Waals surface area contributed by atoms with Crippen LogP contribution < -0.4 is 0 Å². The van der Waals surface area contributed by atoms with Crippen molar-refractivity contribution in [3.8, 4) is 0 Å². The minimum absolute atomic E-state index is 0.0413. The number of halogens is 2. The highest BCUT2D eigenvalue weighted by Gasteiger charge is 2.17. The Kier molecular flexibility index (Phi) is 4.98. The van der Waals surface area contributed by atoms with E-state index in [1.54, 1.807) is 6.07 Å². The van der Waals surface area contributed by atoms with E-state index in [0.29, 0.717) is 0 Å². The van der Waals surface area contributed by atoms with E-state index in [9.17, 15) is 4.39 Å². The van der Waals surface area contributed by atoms with Crippen LogP contribution in [0.15, 0.2) is 36.4 Å². The smallest absolute Gasteiger partial charge is 0.123 e. The van der Waals surface area contributed by atoms with Gasteiger partial charge in [-0.15, -0.1) is 0 Å². The van der Waals surface area contributed by atoms with Gasteiger partial charge in [-0.1, -0.05) is 54.0 Å². The SMILES string of the molecule is CCc1ccc(CC)c(C(Br)c2cc(F)ccc2C)c1. The quantitative estimate of drug-likeness (QED) is 0.625. The summed E-state index contributed by atoms with van der Waals surface area (Å²) >= 11 is 3.77. The number of aryl methyl sites for hydroxylation is 3. The summed E-state index contributed by atoms with van der Waals surface area (Å²) in [4.78, 5) is 0.0413. The third-order valence-electron chi connectivity index (χ3n) is 3.79. The zero-order chi connectivity index (χ0) is 14.7. The van der Waals surface area contributed by atoms with Crippen LogP contribution in [0, 0.1) is 12.7 Å². The predicted molar refractivity (Wildman–Crippen MR) is 87.1 cm³/mol. The molecule has 0 aromatic heterocycles. The van der Waals surface area contributed by atoms with Crippen molar-refractivity contribution in [2.24, 2.45) is 0 Å². The molecule has 0 saturated heterocycles. The monoisotopic (exact) mass is 334 g/mol. The first-order chi connectivity index (χ1) is 9.56. The Balaban J connectivity index is 2.51. The van der Waals surface area contributed by atoms with Crippen LogP contribution >= 0.6 is 15.9 Å². The summed E-state index contributed by atoms with van der Waals surface area (Å²) < 4.78 is 13.5.